The van der Waals surface area contributed by atoms with Gasteiger partial charge in [-0.25, -0.2) is 4.79 Å². The Morgan fingerprint density at radius 3 is 2.32 bits per heavy atom. The Kier molecular flexibility index (Phi) is 4.39. The molecule has 2 rings (SSSR count). The van der Waals surface area contributed by atoms with E-state index in [9.17, 15) is 4.79 Å². The van der Waals surface area contributed by atoms with Gasteiger partial charge in [-0.3, -0.25) is 0 Å². The molecule has 1 amide bonds. The molecule has 110 valence electrons. The average molecular weight is 268 g/mol. The predicted octanol–water partition coefficient (Wildman–Crippen LogP) is 2.92. The highest BCUT2D eigenvalue weighted by molar-refractivity contribution is 5.69. The van der Waals surface area contributed by atoms with Gasteiger partial charge in [-0.1, -0.05) is 12.8 Å². The van der Waals surface area contributed by atoms with Crippen molar-refractivity contribution in [3.05, 3.63) is 0 Å². The number of carbonyl (C=O) groups excluding carboxylic acids is 1. The molecule has 0 spiro atoms. The minimum absolute atomic E-state index is 0.123. The molecule has 0 aliphatic heterocycles. The van der Waals surface area contributed by atoms with Crippen LogP contribution in [0.3, 0.4) is 0 Å². The van der Waals surface area contributed by atoms with Crippen molar-refractivity contribution in [2.75, 3.05) is 7.05 Å². The molecule has 2 saturated carbocycles. The molecule has 0 radical (unpaired) electrons. The Balaban J connectivity index is 2.08. The molecule has 0 saturated heterocycles. The minimum atomic E-state index is -0.409. The molecule has 19 heavy (non-hydrogen) atoms. The quantitative estimate of drug-likeness (QED) is 0.855. The Labute approximate surface area is 116 Å². The summed E-state index contributed by atoms with van der Waals surface area (Å²) in [4.78, 5) is 14.5. The SMILES string of the molecule is CNC1CCCCC1N(C(=O)OC(C)(C)C)C1CC1. The van der Waals surface area contributed by atoms with Crippen LogP contribution in [0.15, 0.2) is 0 Å². The van der Waals surface area contributed by atoms with Crippen LogP contribution in [0.2, 0.25) is 0 Å². The molecule has 4 heteroatoms. The van der Waals surface area contributed by atoms with Gasteiger partial charge in [0, 0.05) is 12.1 Å². The van der Waals surface area contributed by atoms with Crippen LogP contribution in [-0.2, 0) is 4.74 Å². The number of amides is 1. The lowest BCUT2D eigenvalue weighted by Gasteiger charge is -2.40. The fourth-order valence-electron chi connectivity index (χ4n) is 3.00. The van der Waals surface area contributed by atoms with Gasteiger partial charge in [0.15, 0.2) is 0 Å². The first-order valence-electron chi connectivity index (χ1n) is 7.61. The van der Waals surface area contributed by atoms with Crippen molar-refractivity contribution < 1.29 is 9.53 Å². The second-order valence-corrected chi connectivity index (χ2v) is 6.87. The minimum Gasteiger partial charge on any atom is -0.444 e. The summed E-state index contributed by atoms with van der Waals surface area (Å²) < 4.78 is 5.61. The number of ether oxygens (including phenoxy) is 1. The van der Waals surface area contributed by atoms with Gasteiger partial charge < -0.3 is 15.0 Å². The summed E-state index contributed by atoms with van der Waals surface area (Å²) >= 11 is 0. The zero-order chi connectivity index (χ0) is 14.0. The lowest BCUT2D eigenvalue weighted by Crippen LogP contribution is -2.54. The van der Waals surface area contributed by atoms with Crippen LogP contribution in [0.5, 0.6) is 0 Å². The van der Waals surface area contributed by atoms with Crippen LogP contribution >= 0.6 is 0 Å². The molecular formula is C15H28N2O2. The Morgan fingerprint density at radius 2 is 1.79 bits per heavy atom. The number of hydrogen-bond acceptors (Lipinski definition) is 3. The second kappa shape index (κ2) is 5.70. The maximum Gasteiger partial charge on any atom is 0.410 e. The van der Waals surface area contributed by atoms with Crippen molar-refractivity contribution in [2.45, 2.75) is 83.0 Å². The molecule has 2 unspecified atom stereocenters. The number of nitrogens with zero attached hydrogens (tertiary/aromatic N) is 1. The van der Waals surface area contributed by atoms with Crippen LogP contribution < -0.4 is 5.32 Å². The van der Waals surface area contributed by atoms with Gasteiger partial charge in [0.05, 0.1) is 6.04 Å². The molecule has 0 aromatic heterocycles. The fraction of sp³-hybridized carbons (Fsp3) is 0.933. The Bertz CT molecular complexity index is 321. The third kappa shape index (κ3) is 3.85. The molecule has 2 aliphatic rings. The molecule has 0 aromatic rings. The first kappa shape index (κ1) is 14.6. The number of likely N-dealkylation sites (N-methyl/N-ethyl adjacent to an activating group) is 1. The fourth-order valence-corrected chi connectivity index (χ4v) is 3.00. The van der Waals surface area contributed by atoms with Gasteiger partial charge in [0.1, 0.15) is 5.60 Å². The summed E-state index contributed by atoms with van der Waals surface area (Å²) in [6.45, 7) is 5.81. The van der Waals surface area contributed by atoms with Crippen molar-refractivity contribution >= 4 is 6.09 Å². The van der Waals surface area contributed by atoms with Crippen LogP contribution in [0, 0.1) is 0 Å². The molecule has 0 aromatic carbocycles. The van der Waals surface area contributed by atoms with Crippen LogP contribution in [0.4, 0.5) is 4.79 Å². The van der Waals surface area contributed by atoms with Crippen LogP contribution in [0.1, 0.15) is 59.3 Å². The third-order valence-corrected chi connectivity index (χ3v) is 4.00. The van der Waals surface area contributed by atoms with Crippen LogP contribution in [-0.4, -0.2) is 41.8 Å². The predicted molar refractivity (Wildman–Crippen MR) is 76.2 cm³/mol. The molecule has 2 atom stereocenters. The summed E-state index contributed by atoms with van der Waals surface area (Å²) in [6, 6.07) is 1.14. The topological polar surface area (TPSA) is 41.6 Å². The first-order chi connectivity index (χ1) is 8.92. The van der Waals surface area contributed by atoms with Crippen LogP contribution in [0.25, 0.3) is 0 Å². The number of hydrogen-bond donors (Lipinski definition) is 1. The highest BCUT2D eigenvalue weighted by atomic mass is 16.6. The van der Waals surface area contributed by atoms with Gasteiger partial charge in [0.25, 0.3) is 0 Å². The Hall–Kier alpha value is -0.770. The van der Waals surface area contributed by atoms with E-state index >= 15 is 0 Å². The highest BCUT2D eigenvalue weighted by Crippen LogP contribution is 2.35. The van der Waals surface area contributed by atoms with Gasteiger partial charge in [0.2, 0.25) is 0 Å². The van der Waals surface area contributed by atoms with E-state index in [1.807, 2.05) is 32.7 Å². The van der Waals surface area contributed by atoms with Gasteiger partial charge in [-0.15, -0.1) is 0 Å². The Morgan fingerprint density at radius 1 is 1.16 bits per heavy atom. The van der Waals surface area contributed by atoms with Crippen molar-refractivity contribution in [3.8, 4) is 0 Å². The highest BCUT2D eigenvalue weighted by Gasteiger charge is 2.42. The van der Waals surface area contributed by atoms with Crippen molar-refractivity contribution in [3.63, 3.8) is 0 Å². The van der Waals surface area contributed by atoms with E-state index in [-0.39, 0.29) is 6.09 Å². The smallest absolute Gasteiger partial charge is 0.410 e. The normalized spacial score (nSPS) is 28.0. The molecule has 2 aliphatic carbocycles. The van der Waals surface area contributed by atoms with Gasteiger partial charge >= 0.3 is 6.09 Å². The monoisotopic (exact) mass is 268 g/mol. The van der Waals surface area contributed by atoms with E-state index in [0.717, 1.165) is 25.7 Å². The van der Waals surface area contributed by atoms with E-state index < -0.39 is 5.60 Å². The van der Waals surface area contributed by atoms with Gasteiger partial charge in [-0.05, 0) is 53.5 Å². The number of carbonyl (C=O) groups is 1. The van der Waals surface area contributed by atoms with Crippen molar-refractivity contribution in [1.82, 2.24) is 10.2 Å². The third-order valence-electron chi connectivity index (χ3n) is 4.00. The van der Waals surface area contributed by atoms with E-state index in [1.54, 1.807) is 0 Å². The van der Waals surface area contributed by atoms with Crippen molar-refractivity contribution in [2.24, 2.45) is 0 Å². The maximum atomic E-state index is 12.5. The van der Waals surface area contributed by atoms with E-state index in [2.05, 4.69) is 5.32 Å². The number of nitrogens with one attached hydrogen (secondary N) is 1. The molecule has 2 fully saturated rings. The molecule has 0 bridgehead atoms. The standard InChI is InChI=1S/C15H28N2O2/c1-15(2,3)19-14(18)17(11-9-10-11)13-8-6-5-7-12(13)16-4/h11-13,16H,5-10H2,1-4H3. The summed E-state index contributed by atoms with van der Waals surface area (Å²) in [5.74, 6) is 0. The van der Waals surface area contributed by atoms with Crippen molar-refractivity contribution in [1.29, 1.82) is 0 Å². The zero-order valence-corrected chi connectivity index (χ0v) is 12.7. The maximum absolute atomic E-state index is 12.5. The summed E-state index contributed by atoms with van der Waals surface area (Å²) in [6.07, 6.45) is 6.87. The summed E-state index contributed by atoms with van der Waals surface area (Å²) in [5, 5.41) is 3.39. The summed E-state index contributed by atoms with van der Waals surface area (Å²) in [7, 11) is 2.00. The van der Waals surface area contributed by atoms with E-state index in [4.69, 9.17) is 4.74 Å². The first-order valence-corrected chi connectivity index (χ1v) is 7.61. The molecule has 1 N–H and O–H groups in total. The van der Waals surface area contributed by atoms with E-state index in [1.165, 1.54) is 12.8 Å². The second-order valence-electron chi connectivity index (χ2n) is 6.87. The largest absolute Gasteiger partial charge is 0.444 e. The molecule has 0 heterocycles. The van der Waals surface area contributed by atoms with E-state index in [0.29, 0.717) is 18.1 Å². The molecule has 4 nitrogen and oxygen atoms in total. The lowest BCUT2D eigenvalue weighted by atomic mass is 9.89. The summed E-state index contributed by atoms with van der Waals surface area (Å²) in [5.41, 5.74) is -0.409. The lowest BCUT2D eigenvalue weighted by molar-refractivity contribution is 0.00563. The number of rotatable bonds is 3. The van der Waals surface area contributed by atoms with Gasteiger partial charge in [-0.2, -0.15) is 0 Å². The average Bonchev–Trinajstić information content (AvgIpc) is 3.12. The molecular weight excluding hydrogens is 240 g/mol. The zero-order valence-electron chi connectivity index (χ0n) is 12.7.